The van der Waals surface area contributed by atoms with Crippen LogP contribution in [0.15, 0.2) is 30.6 Å². The summed E-state index contributed by atoms with van der Waals surface area (Å²) in [4.78, 5) is 18.7. The Hall–Kier alpha value is -2.30. The second kappa shape index (κ2) is 4.69. The molecule has 5 nitrogen and oxygen atoms in total. The number of phenols is 1. The fourth-order valence-electron chi connectivity index (χ4n) is 1.56. The molecule has 0 saturated carbocycles. The Kier molecular flexibility index (Phi) is 3.09. The van der Waals surface area contributed by atoms with Crippen LogP contribution in [0.25, 0.3) is 0 Å². The van der Waals surface area contributed by atoms with Gasteiger partial charge < -0.3 is 15.4 Å². The summed E-state index contributed by atoms with van der Waals surface area (Å²) >= 11 is 0. The van der Waals surface area contributed by atoms with E-state index in [1.807, 2.05) is 0 Å². The molecule has 0 saturated heterocycles. The molecule has 0 radical (unpaired) electrons. The van der Waals surface area contributed by atoms with Crippen molar-refractivity contribution in [2.45, 2.75) is 13.5 Å². The second-order valence-corrected chi connectivity index (χ2v) is 3.72. The van der Waals surface area contributed by atoms with E-state index in [0.29, 0.717) is 17.9 Å². The number of phenolic OH excluding ortho intramolecular Hbond substituents is 1. The highest BCUT2D eigenvalue weighted by Gasteiger charge is 2.09. The Bertz CT molecular complexity index is 521. The average molecular weight is 231 g/mol. The average Bonchev–Trinajstić information content (AvgIpc) is 2.78. The van der Waals surface area contributed by atoms with E-state index in [1.165, 1.54) is 6.07 Å². The number of amides is 1. The largest absolute Gasteiger partial charge is 0.508 e. The predicted octanol–water partition coefficient (Wildman–Crippen LogP) is 1.35. The summed E-state index contributed by atoms with van der Waals surface area (Å²) in [7, 11) is 0. The van der Waals surface area contributed by atoms with Gasteiger partial charge >= 0.3 is 0 Å². The maximum Gasteiger partial charge on any atom is 0.251 e. The van der Waals surface area contributed by atoms with Gasteiger partial charge in [0.1, 0.15) is 11.6 Å². The van der Waals surface area contributed by atoms with Crippen LogP contribution in [0, 0.1) is 6.92 Å². The second-order valence-electron chi connectivity index (χ2n) is 3.72. The minimum absolute atomic E-state index is 0.157. The Labute approximate surface area is 98.5 Å². The summed E-state index contributed by atoms with van der Waals surface area (Å²) in [5.74, 6) is 0.679. The van der Waals surface area contributed by atoms with Crippen LogP contribution in [-0.4, -0.2) is 21.0 Å². The Morgan fingerprint density at radius 2 is 2.35 bits per heavy atom. The van der Waals surface area contributed by atoms with Crippen molar-refractivity contribution < 1.29 is 9.90 Å². The highest BCUT2D eigenvalue weighted by atomic mass is 16.3. The summed E-state index contributed by atoms with van der Waals surface area (Å²) in [6.45, 7) is 2.13. The minimum Gasteiger partial charge on any atom is -0.508 e. The molecule has 2 rings (SSSR count). The van der Waals surface area contributed by atoms with Gasteiger partial charge in [-0.2, -0.15) is 0 Å². The molecule has 3 N–H and O–H groups in total. The Morgan fingerprint density at radius 1 is 1.53 bits per heavy atom. The van der Waals surface area contributed by atoms with E-state index >= 15 is 0 Å². The minimum atomic E-state index is -0.182. The molecule has 5 heteroatoms. The fraction of sp³-hybridized carbons (Fsp3) is 0.167. The van der Waals surface area contributed by atoms with Gasteiger partial charge in [-0.1, -0.05) is 0 Å². The number of hydrogen-bond acceptors (Lipinski definition) is 3. The van der Waals surface area contributed by atoms with Crippen LogP contribution < -0.4 is 5.32 Å². The topological polar surface area (TPSA) is 78.0 Å². The zero-order valence-electron chi connectivity index (χ0n) is 9.40. The molecule has 1 amide bonds. The van der Waals surface area contributed by atoms with Crippen molar-refractivity contribution in [3.05, 3.63) is 47.5 Å². The van der Waals surface area contributed by atoms with Gasteiger partial charge in [0.15, 0.2) is 0 Å². The van der Waals surface area contributed by atoms with Gasteiger partial charge in [0.05, 0.1) is 6.54 Å². The van der Waals surface area contributed by atoms with Crippen molar-refractivity contribution in [3.63, 3.8) is 0 Å². The molecule has 1 aromatic carbocycles. The van der Waals surface area contributed by atoms with E-state index in [1.54, 1.807) is 31.5 Å². The molecule has 0 bridgehead atoms. The molecule has 0 aliphatic rings. The van der Waals surface area contributed by atoms with Crippen LogP contribution in [0.5, 0.6) is 5.75 Å². The molecule has 0 fully saturated rings. The SMILES string of the molecule is Cc1cc(O)ccc1C(=O)NCc1ncc[nH]1. The maximum absolute atomic E-state index is 11.8. The van der Waals surface area contributed by atoms with Crippen molar-refractivity contribution in [1.82, 2.24) is 15.3 Å². The number of aryl methyl sites for hydroxylation is 1. The van der Waals surface area contributed by atoms with Gasteiger partial charge in [0.2, 0.25) is 0 Å². The number of carbonyl (C=O) groups excluding carboxylic acids is 1. The Morgan fingerprint density at radius 3 is 3.00 bits per heavy atom. The van der Waals surface area contributed by atoms with Crippen LogP contribution in [0.3, 0.4) is 0 Å². The van der Waals surface area contributed by atoms with E-state index in [2.05, 4.69) is 15.3 Å². The molecule has 0 atom stereocenters. The summed E-state index contributed by atoms with van der Waals surface area (Å²) in [5.41, 5.74) is 1.29. The number of nitrogens with zero attached hydrogens (tertiary/aromatic N) is 1. The zero-order chi connectivity index (χ0) is 12.3. The van der Waals surface area contributed by atoms with Crippen molar-refractivity contribution in [3.8, 4) is 5.75 Å². The molecule has 0 spiro atoms. The number of imidazole rings is 1. The van der Waals surface area contributed by atoms with E-state index in [-0.39, 0.29) is 11.7 Å². The highest BCUT2D eigenvalue weighted by molar-refractivity contribution is 5.95. The van der Waals surface area contributed by atoms with Crippen molar-refractivity contribution in [2.24, 2.45) is 0 Å². The van der Waals surface area contributed by atoms with Gasteiger partial charge in [-0.05, 0) is 30.7 Å². The summed E-state index contributed by atoms with van der Waals surface area (Å²) < 4.78 is 0. The van der Waals surface area contributed by atoms with Gasteiger partial charge in [-0.3, -0.25) is 4.79 Å². The van der Waals surface area contributed by atoms with Crippen LogP contribution in [0.2, 0.25) is 0 Å². The summed E-state index contributed by atoms with van der Waals surface area (Å²) in [5, 5.41) is 12.0. The van der Waals surface area contributed by atoms with E-state index in [4.69, 9.17) is 0 Å². The molecule has 1 aromatic heterocycles. The van der Waals surface area contributed by atoms with Gasteiger partial charge in [0, 0.05) is 18.0 Å². The van der Waals surface area contributed by atoms with Crippen LogP contribution in [0.4, 0.5) is 0 Å². The number of rotatable bonds is 3. The summed E-state index contributed by atoms with van der Waals surface area (Å²) in [6, 6.07) is 4.65. The van der Waals surface area contributed by atoms with Crippen molar-refractivity contribution in [1.29, 1.82) is 0 Å². The first-order valence-electron chi connectivity index (χ1n) is 5.23. The van der Waals surface area contributed by atoms with Crippen molar-refractivity contribution in [2.75, 3.05) is 0 Å². The third kappa shape index (κ3) is 2.63. The number of aromatic nitrogens is 2. The molecular formula is C12H13N3O2. The number of aromatic amines is 1. The molecule has 2 aromatic rings. The first-order valence-corrected chi connectivity index (χ1v) is 5.23. The third-order valence-electron chi connectivity index (χ3n) is 2.43. The standard InChI is InChI=1S/C12H13N3O2/c1-8-6-9(16)2-3-10(8)12(17)15-7-11-13-4-5-14-11/h2-6,16H,7H2,1H3,(H,13,14)(H,15,17). The number of hydrogen-bond donors (Lipinski definition) is 3. The first-order chi connectivity index (χ1) is 8.16. The van der Waals surface area contributed by atoms with Crippen LogP contribution in [-0.2, 0) is 6.54 Å². The van der Waals surface area contributed by atoms with Crippen LogP contribution in [0.1, 0.15) is 21.7 Å². The molecule has 0 unspecified atom stereocenters. The maximum atomic E-state index is 11.8. The number of H-pyrrole nitrogens is 1. The highest BCUT2D eigenvalue weighted by Crippen LogP contribution is 2.15. The quantitative estimate of drug-likeness (QED) is 0.746. The number of benzene rings is 1. The lowest BCUT2D eigenvalue weighted by atomic mass is 10.1. The normalized spacial score (nSPS) is 10.2. The molecular weight excluding hydrogens is 218 g/mol. The number of nitrogens with one attached hydrogen (secondary N) is 2. The van der Waals surface area contributed by atoms with Gasteiger partial charge in [0.25, 0.3) is 5.91 Å². The van der Waals surface area contributed by atoms with Gasteiger partial charge in [-0.15, -0.1) is 0 Å². The van der Waals surface area contributed by atoms with E-state index < -0.39 is 0 Å². The van der Waals surface area contributed by atoms with Crippen molar-refractivity contribution >= 4 is 5.91 Å². The first kappa shape index (κ1) is 11.2. The van der Waals surface area contributed by atoms with E-state index in [9.17, 15) is 9.90 Å². The number of carbonyl (C=O) groups is 1. The lowest BCUT2D eigenvalue weighted by Gasteiger charge is -2.06. The summed E-state index contributed by atoms with van der Waals surface area (Å²) in [6.07, 6.45) is 3.33. The fourth-order valence-corrected chi connectivity index (χ4v) is 1.56. The third-order valence-corrected chi connectivity index (χ3v) is 2.43. The monoisotopic (exact) mass is 231 g/mol. The van der Waals surface area contributed by atoms with E-state index in [0.717, 1.165) is 5.56 Å². The molecule has 1 heterocycles. The Balaban J connectivity index is 2.04. The smallest absolute Gasteiger partial charge is 0.251 e. The molecule has 0 aliphatic heterocycles. The molecule has 88 valence electrons. The predicted molar refractivity (Wildman–Crippen MR) is 62.6 cm³/mol. The zero-order valence-corrected chi connectivity index (χ0v) is 9.40. The van der Waals surface area contributed by atoms with Gasteiger partial charge in [-0.25, -0.2) is 4.98 Å². The molecule has 0 aliphatic carbocycles. The molecule has 17 heavy (non-hydrogen) atoms. The van der Waals surface area contributed by atoms with Crippen LogP contribution >= 0.6 is 0 Å². The number of aromatic hydroxyl groups is 1. The lowest BCUT2D eigenvalue weighted by molar-refractivity contribution is 0.0949. The lowest BCUT2D eigenvalue weighted by Crippen LogP contribution is -2.24.